The van der Waals surface area contributed by atoms with Gasteiger partial charge in [0.15, 0.2) is 17.2 Å². The van der Waals surface area contributed by atoms with Crippen LogP contribution in [-0.4, -0.2) is 27.8 Å². The van der Waals surface area contributed by atoms with Crippen molar-refractivity contribution in [3.63, 3.8) is 0 Å². The summed E-state index contributed by atoms with van der Waals surface area (Å²) in [4.78, 5) is 18.4. The fraction of sp³-hybridized carbons (Fsp3) is 0.0833. The zero-order valence-corrected chi connectivity index (χ0v) is 9.66. The van der Waals surface area contributed by atoms with Crippen molar-refractivity contribution in [3.05, 3.63) is 36.3 Å². The number of nitrogens with one attached hydrogen (secondary N) is 1. The molecule has 0 spiro atoms. The minimum Gasteiger partial charge on any atom is -0.477 e. The topological polar surface area (TPSA) is 93.6 Å². The second-order valence-electron chi connectivity index (χ2n) is 3.79. The molecule has 0 aliphatic carbocycles. The van der Waals surface area contributed by atoms with Crippen molar-refractivity contribution in [3.8, 4) is 11.5 Å². The zero-order valence-electron chi connectivity index (χ0n) is 9.66. The SMILES string of the molecule is O=C(O)c1cc(Nc2ccc3c(c2)OCO3)ncn1. The molecule has 7 nitrogen and oxygen atoms in total. The van der Waals surface area contributed by atoms with E-state index in [1.165, 1.54) is 12.4 Å². The van der Waals surface area contributed by atoms with Crippen LogP contribution in [0.1, 0.15) is 10.5 Å². The lowest BCUT2D eigenvalue weighted by molar-refractivity contribution is 0.0690. The molecular weight excluding hydrogens is 250 g/mol. The van der Waals surface area contributed by atoms with Gasteiger partial charge in [0.05, 0.1) is 0 Å². The predicted molar refractivity (Wildman–Crippen MR) is 64.8 cm³/mol. The van der Waals surface area contributed by atoms with Gasteiger partial charge in [-0.25, -0.2) is 14.8 Å². The Hall–Kier alpha value is -2.83. The van der Waals surface area contributed by atoms with E-state index >= 15 is 0 Å². The molecule has 0 amide bonds. The summed E-state index contributed by atoms with van der Waals surface area (Å²) >= 11 is 0. The van der Waals surface area contributed by atoms with Crippen molar-refractivity contribution in [2.24, 2.45) is 0 Å². The maximum Gasteiger partial charge on any atom is 0.354 e. The molecule has 0 atom stereocenters. The van der Waals surface area contributed by atoms with Crippen LogP contribution in [0.15, 0.2) is 30.6 Å². The largest absolute Gasteiger partial charge is 0.477 e. The van der Waals surface area contributed by atoms with Crippen molar-refractivity contribution in [2.45, 2.75) is 0 Å². The quantitative estimate of drug-likeness (QED) is 0.865. The van der Waals surface area contributed by atoms with Crippen LogP contribution in [0.5, 0.6) is 11.5 Å². The van der Waals surface area contributed by atoms with Crippen molar-refractivity contribution in [1.82, 2.24) is 9.97 Å². The second kappa shape index (κ2) is 4.45. The number of nitrogens with zero attached hydrogens (tertiary/aromatic N) is 2. The Balaban J connectivity index is 1.85. The molecule has 96 valence electrons. The van der Waals surface area contributed by atoms with Gasteiger partial charge in [0.25, 0.3) is 0 Å². The number of carboxylic acids is 1. The van der Waals surface area contributed by atoms with E-state index in [2.05, 4.69) is 15.3 Å². The maximum atomic E-state index is 10.8. The number of hydrogen-bond donors (Lipinski definition) is 2. The first kappa shape index (κ1) is 11.3. The number of carbonyl (C=O) groups is 1. The molecule has 3 rings (SSSR count). The number of fused-ring (bicyclic) bond motifs is 1. The fourth-order valence-electron chi connectivity index (χ4n) is 1.66. The lowest BCUT2D eigenvalue weighted by Gasteiger charge is -2.06. The molecule has 0 unspecified atom stereocenters. The third kappa shape index (κ3) is 2.25. The van der Waals surface area contributed by atoms with Crippen molar-refractivity contribution in [1.29, 1.82) is 0 Å². The molecular formula is C12H9N3O4. The molecule has 19 heavy (non-hydrogen) atoms. The summed E-state index contributed by atoms with van der Waals surface area (Å²) < 4.78 is 10.5. The molecule has 1 aliphatic heterocycles. The Morgan fingerprint density at radius 2 is 2.05 bits per heavy atom. The first-order valence-corrected chi connectivity index (χ1v) is 5.44. The van der Waals surface area contributed by atoms with Gasteiger partial charge in [0.2, 0.25) is 6.79 Å². The molecule has 1 aromatic heterocycles. The molecule has 0 radical (unpaired) electrons. The van der Waals surface area contributed by atoms with Crippen LogP contribution in [0.3, 0.4) is 0 Å². The van der Waals surface area contributed by atoms with Crippen molar-refractivity contribution < 1.29 is 19.4 Å². The maximum absolute atomic E-state index is 10.8. The van der Waals surface area contributed by atoms with Gasteiger partial charge in [0, 0.05) is 17.8 Å². The van der Waals surface area contributed by atoms with Gasteiger partial charge in [-0.1, -0.05) is 0 Å². The van der Waals surface area contributed by atoms with Crippen molar-refractivity contribution in [2.75, 3.05) is 12.1 Å². The van der Waals surface area contributed by atoms with Gasteiger partial charge in [-0.05, 0) is 12.1 Å². The van der Waals surface area contributed by atoms with E-state index in [1.807, 2.05) is 0 Å². The van der Waals surface area contributed by atoms with E-state index in [-0.39, 0.29) is 12.5 Å². The lowest BCUT2D eigenvalue weighted by atomic mass is 10.2. The Morgan fingerprint density at radius 3 is 2.89 bits per heavy atom. The molecule has 1 aliphatic rings. The first-order valence-electron chi connectivity index (χ1n) is 5.44. The Bertz CT molecular complexity index is 645. The van der Waals surface area contributed by atoms with E-state index in [1.54, 1.807) is 18.2 Å². The second-order valence-corrected chi connectivity index (χ2v) is 3.79. The van der Waals surface area contributed by atoms with Crippen LogP contribution in [0.25, 0.3) is 0 Å². The first-order chi connectivity index (χ1) is 9.22. The monoisotopic (exact) mass is 259 g/mol. The van der Waals surface area contributed by atoms with Crippen LogP contribution in [0.4, 0.5) is 11.5 Å². The summed E-state index contributed by atoms with van der Waals surface area (Å²) in [7, 11) is 0. The summed E-state index contributed by atoms with van der Waals surface area (Å²) in [5.41, 5.74) is 0.650. The van der Waals surface area contributed by atoms with Crippen LogP contribution in [0, 0.1) is 0 Å². The van der Waals surface area contributed by atoms with E-state index in [4.69, 9.17) is 14.6 Å². The third-order valence-electron chi connectivity index (χ3n) is 2.53. The van der Waals surface area contributed by atoms with Crippen LogP contribution < -0.4 is 14.8 Å². The molecule has 0 fully saturated rings. The molecule has 0 saturated carbocycles. The van der Waals surface area contributed by atoms with Crippen LogP contribution >= 0.6 is 0 Å². The number of aromatic nitrogens is 2. The number of hydrogen-bond acceptors (Lipinski definition) is 6. The van der Waals surface area contributed by atoms with Gasteiger partial charge >= 0.3 is 5.97 Å². The average molecular weight is 259 g/mol. The Kier molecular flexibility index (Phi) is 2.64. The zero-order chi connectivity index (χ0) is 13.2. The number of carboxylic acid groups (broad SMARTS) is 1. The molecule has 0 bridgehead atoms. The highest BCUT2D eigenvalue weighted by atomic mass is 16.7. The molecule has 0 saturated heterocycles. The molecule has 2 heterocycles. The van der Waals surface area contributed by atoms with Gasteiger partial charge < -0.3 is 19.9 Å². The molecule has 2 aromatic rings. The normalized spacial score (nSPS) is 12.2. The highest BCUT2D eigenvalue weighted by molar-refractivity contribution is 5.86. The van der Waals surface area contributed by atoms with Crippen LogP contribution in [0.2, 0.25) is 0 Å². The van der Waals surface area contributed by atoms with E-state index < -0.39 is 5.97 Å². The highest BCUT2D eigenvalue weighted by Crippen LogP contribution is 2.34. The molecule has 2 N–H and O–H groups in total. The number of ether oxygens (including phenoxy) is 2. The lowest BCUT2D eigenvalue weighted by Crippen LogP contribution is -2.02. The fourth-order valence-corrected chi connectivity index (χ4v) is 1.66. The van der Waals surface area contributed by atoms with Gasteiger partial charge in [-0.15, -0.1) is 0 Å². The minimum atomic E-state index is -1.10. The molecule has 7 heteroatoms. The summed E-state index contributed by atoms with van der Waals surface area (Å²) in [6, 6.07) is 6.66. The number of anilines is 2. The minimum absolute atomic E-state index is 0.0711. The highest BCUT2D eigenvalue weighted by Gasteiger charge is 2.13. The summed E-state index contributed by atoms with van der Waals surface area (Å²) in [5.74, 6) is 0.611. The number of rotatable bonds is 3. The van der Waals surface area contributed by atoms with E-state index in [0.717, 1.165) is 5.69 Å². The summed E-state index contributed by atoms with van der Waals surface area (Å²) in [6.07, 6.45) is 1.19. The summed E-state index contributed by atoms with van der Waals surface area (Å²) in [5, 5.41) is 11.8. The van der Waals surface area contributed by atoms with Crippen molar-refractivity contribution >= 4 is 17.5 Å². The number of benzene rings is 1. The predicted octanol–water partition coefficient (Wildman–Crippen LogP) is 1.65. The Morgan fingerprint density at radius 1 is 1.21 bits per heavy atom. The smallest absolute Gasteiger partial charge is 0.354 e. The summed E-state index contributed by atoms with van der Waals surface area (Å²) in [6.45, 7) is 0.204. The standard InChI is InChI=1S/C12H9N3O4/c16-12(17)8-4-11(14-5-13-8)15-7-1-2-9-10(3-7)19-6-18-9/h1-5H,6H2,(H,16,17)(H,13,14,15). The van der Waals surface area contributed by atoms with Crippen LogP contribution in [-0.2, 0) is 0 Å². The van der Waals surface area contributed by atoms with Gasteiger partial charge in [-0.2, -0.15) is 0 Å². The Labute approximate surface area is 107 Å². The van der Waals surface area contributed by atoms with Gasteiger partial charge in [-0.3, -0.25) is 0 Å². The van der Waals surface area contributed by atoms with E-state index in [9.17, 15) is 4.79 Å². The van der Waals surface area contributed by atoms with Gasteiger partial charge in [0.1, 0.15) is 12.1 Å². The average Bonchev–Trinajstić information content (AvgIpc) is 2.86. The van der Waals surface area contributed by atoms with E-state index in [0.29, 0.717) is 17.3 Å². The third-order valence-corrected chi connectivity index (χ3v) is 2.53. The number of aromatic carboxylic acids is 1. The molecule has 1 aromatic carbocycles.